The number of phosphoric ester groups is 1. The molecule has 0 aromatic rings. The maximum Gasteiger partial charge on any atom is 0.469 e. The molecule has 0 unspecified atom stereocenters. The molecule has 0 aromatic carbocycles. The van der Waals surface area contributed by atoms with Crippen LogP contribution in [0.25, 0.3) is 0 Å². The fourth-order valence-electron chi connectivity index (χ4n) is 1.19. The molecule has 0 aliphatic carbocycles. The second kappa shape index (κ2) is 7.14. The topological polar surface area (TPSA) is 110 Å². The third-order valence-corrected chi connectivity index (χ3v) is 2.87. The molecule has 0 aliphatic rings. The molecule has 0 heterocycles. The Bertz CT molecular complexity index is 369. The van der Waals surface area contributed by atoms with Gasteiger partial charge in [-0.25, -0.2) is 4.57 Å². The molecule has 0 atom stereocenters. The lowest BCUT2D eigenvalue weighted by molar-refractivity contribution is -0.163. The first-order valence-corrected chi connectivity index (χ1v) is 7.40. The number of esters is 2. The second-order valence-corrected chi connectivity index (χ2v) is 6.60. The Morgan fingerprint density at radius 2 is 1.79 bits per heavy atom. The van der Waals surface area contributed by atoms with Crippen LogP contribution in [0.3, 0.4) is 0 Å². The van der Waals surface area contributed by atoms with Crippen LogP contribution in [0.5, 0.6) is 0 Å². The number of ether oxygens (including phenoxy) is 1. The summed E-state index contributed by atoms with van der Waals surface area (Å²) in [7, 11) is -4.49. The molecule has 8 heteroatoms. The molecular formula is C11H21O7P. The van der Waals surface area contributed by atoms with Crippen molar-refractivity contribution in [2.45, 2.75) is 40.5 Å². The van der Waals surface area contributed by atoms with Crippen LogP contribution in [0.1, 0.15) is 40.5 Å². The Balaban J connectivity index is 4.18. The van der Waals surface area contributed by atoms with Gasteiger partial charge in [-0.15, -0.1) is 0 Å². The highest BCUT2D eigenvalue weighted by atomic mass is 31.2. The third-order valence-electron chi connectivity index (χ3n) is 2.35. The van der Waals surface area contributed by atoms with Crippen LogP contribution < -0.4 is 0 Å². The van der Waals surface area contributed by atoms with Gasteiger partial charge in [0.05, 0.1) is 18.9 Å². The van der Waals surface area contributed by atoms with Crippen molar-refractivity contribution >= 4 is 19.8 Å². The van der Waals surface area contributed by atoms with Gasteiger partial charge in [-0.3, -0.25) is 14.1 Å². The van der Waals surface area contributed by atoms with Gasteiger partial charge in [-0.1, -0.05) is 27.7 Å². The first-order valence-electron chi connectivity index (χ1n) is 5.87. The third kappa shape index (κ3) is 9.78. The van der Waals surface area contributed by atoms with Crippen molar-refractivity contribution in [3.05, 3.63) is 0 Å². The van der Waals surface area contributed by atoms with Crippen LogP contribution in [0.15, 0.2) is 0 Å². The Morgan fingerprint density at radius 1 is 1.26 bits per heavy atom. The van der Waals surface area contributed by atoms with Gasteiger partial charge in [0.15, 0.2) is 0 Å². The monoisotopic (exact) mass is 296 g/mol. The summed E-state index contributed by atoms with van der Waals surface area (Å²) in [6.07, 6.45) is 0.221. The highest BCUT2D eigenvalue weighted by molar-refractivity contribution is 7.46. The van der Waals surface area contributed by atoms with E-state index in [4.69, 9.17) is 9.79 Å². The Labute approximate surface area is 112 Å². The molecule has 0 fully saturated rings. The Kier molecular flexibility index (Phi) is 6.86. The highest BCUT2D eigenvalue weighted by Gasteiger charge is 2.26. The van der Waals surface area contributed by atoms with Crippen molar-refractivity contribution in [2.24, 2.45) is 11.3 Å². The fraction of sp³-hybridized carbons (Fsp3) is 0.818. The molecule has 0 aromatic heterocycles. The van der Waals surface area contributed by atoms with E-state index in [-0.39, 0.29) is 25.4 Å². The summed E-state index contributed by atoms with van der Waals surface area (Å²) in [5.41, 5.74) is -0.580. The van der Waals surface area contributed by atoms with Gasteiger partial charge < -0.3 is 14.5 Å². The van der Waals surface area contributed by atoms with E-state index in [1.807, 2.05) is 0 Å². The van der Waals surface area contributed by atoms with Gasteiger partial charge in [0.2, 0.25) is 0 Å². The lowest BCUT2D eigenvalue weighted by atomic mass is 9.86. The molecule has 0 amide bonds. The minimum Gasteiger partial charge on any atom is -0.393 e. The predicted molar refractivity (Wildman–Crippen MR) is 66.9 cm³/mol. The summed E-state index contributed by atoms with van der Waals surface area (Å²) in [4.78, 5) is 39.8. The van der Waals surface area contributed by atoms with Crippen molar-refractivity contribution in [2.75, 3.05) is 6.61 Å². The molecule has 7 nitrogen and oxygen atoms in total. The van der Waals surface area contributed by atoms with E-state index >= 15 is 0 Å². The number of hydrogen-bond donors (Lipinski definition) is 2. The van der Waals surface area contributed by atoms with E-state index in [2.05, 4.69) is 9.26 Å². The predicted octanol–water partition coefficient (Wildman–Crippen LogP) is 1.63. The first-order chi connectivity index (χ1) is 8.43. The fourth-order valence-corrected chi connectivity index (χ4v) is 1.52. The van der Waals surface area contributed by atoms with Crippen LogP contribution in [0, 0.1) is 11.3 Å². The average Bonchev–Trinajstić information content (AvgIpc) is 2.12. The van der Waals surface area contributed by atoms with Crippen molar-refractivity contribution in [3.8, 4) is 0 Å². The minimum atomic E-state index is -4.49. The lowest BCUT2D eigenvalue weighted by Gasteiger charge is -2.23. The normalized spacial score (nSPS) is 12.6. The van der Waals surface area contributed by atoms with Crippen molar-refractivity contribution in [3.63, 3.8) is 0 Å². The Hall–Kier alpha value is -0.750. The smallest absolute Gasteiger partial charge is 0.393 e. The van der Waals surface area contributed by atoms with E-state index in [9.17, 15) is 14.2 Å². The molecule has 0 spiro atoms. The zero-order valence-corrected chi connectivity index (χ0v) is 12.5. The highest BCUT2D eigenvalue weighted by Crippen LogP contribution is 2.37. The summed E-state index contributed by atoms with van der Waals surface area (Å²) in [5, 5.41) is 0. The summed E-state index contributed by atoms with van der Waals surface area (Å²) in [6.45, 7) is 6.50. The first kappa shape index (κ1) is 18.2. The van der Waals surface area contributed by atoms with Crippen molar-refractivity contribution in [1.29, 1.82) is 0 Å². The molecule has 0 rings (SSSR count). The SMILES string of the molecule is CC(C)C(=O)OC(=O)CC(C)(C)CCOP(=O)(O)O. The van der Waals surface area contributed by atoms with E-state index in [1.165, 1.54) is 0 Å². The number of rotatable bonds is 7. The molecule has 0 bridgehead atoms. The molecule has 112 valence electrons. The number of carbonyl (C=O) groups is 2. The zero-order chi connectivity index (χ0) is 15.3. The number of hydrogen-bond acceptors (Lipinski definition) is 5. The molecule has 0 aliphatic heterocycles. The number of carbonyl (C=O) groups excluding carboxylic acids is 2. The lowest BCUT2D eigenvalue weighted by Crippen LogP contribution is -2.24. The summed E-state index contributed by atoms with van der Waals surface area (Å²) >= 11 is 0. The van der Waals surface area contributed by atoms with Crippen LogP contribution >= 0.6 is 7.82 Å². The van der Waals surface area contributed by atoms with Crippen LogP contribution in [-0.2, 0) is 23.4 Å². The largest absolute Gasteiger partial charge is 0.469 e. The maximum atomic E-state index is 11.5. The summed E-state index contributed by atoms with van der Waals surface area (Å²) < 4.78 is 19.4. The second-order valence-electron chi connectivity index (χ2n) is 5.36. The summed E-state index contributed by atoms with van der Waals surface area (Å²) in [6, 6.07) is 0. The maximum absolute atomic E-state index is 11.5. The van der Waals surface area contributed by atoms with E-state index < -0.39 is 25.2 Å². The molecule has 0 saturated heterocycles. The van der Waals surface area contributed by atoms with Gasteiger partial charge in [0, 0.05) is 0 Å². The molecule has 0 radical (unpaired) electrons. The van der Waals surface area contributed by atoms with Gasteiger partial charge >= 0.3 is 19.8 Å². The van der Waals surface area contributed by atoms with E-state index in [1.54, 1.807) is 27.7 Å². The van der Waals surface area contributed by atoms with E-state index in [0.29, 0.717) is 0 Å². The van der Waals surface area contributed by atoms with Crippen molar-refractivity contribution < 1.29 is 33.2 Å². The van der Waals surface area contributed by atoms with Crippen LogP contribution in [0.4, 0.5) is 0 Å². The van der Waals surface area contributed by atoms with Crippen LogP contribution in [0.2, 0.25) is 0 Å². The molecule has 0 saturated carbocycles. The summed E-state index contributed by atoms with van der Waals surface area (Å²) in [5.74, 6) is -1.63. The quantitative estimate of drug-likeness (QED) is 0.417. The minimum absolute atomic E-state index is 0.0318. The van der Waals surface area contributed by atoms with E-state index in [0.717, 1.165) is 0 Å². The standard InChI is InChI=1S/C11H21O7P/c1-8(2)10(13)18-9(12)7-11(3,4)5-6-17-19(14,15)16/h8H,5-7H2,1-4H3,(H2,14,15,16). The average molecular weight is 296 g/mol. The van der Waals surface area contributed by atoms with Crippen LogP contribution in [-0.4, -0.2) is 28.3 Å². The number of phosphoric acid groups is 1. The van der Waals surface area contributed by atoms with Gasteiger partial charge in [-0.05, 0) is 11.8 Å². The molecular weight excluding hydrogens is 275 g/mol. The molecule has 2 N–H and O–H groups in total. The zero-order valence-electron chi connectivity index (χ0n) is 11.6. The molecule has 19 heavy (non-hydrogen) atoms. The van der Waals surface area contributed by atoms with Gasteiger partial charge in [-0.2, -0.15) is 0 Å². The van der Waals surface area contributed by atoms with Gasteiger partial charge in [0.25, 0.3) is 0 Å². The van der Waals surface area contributed by atoms with Gasteiger partial charge in [0.1, 0.15) is 0 Å². The van der Waals surface area contributed by atoms with Crippen molar-refractivity contribution in [1.82, 2.24) is 0 Å². The Morgan fingerprint density at radius 3 is 2.21 bits per heavy atom.